The first kappa shape index (κ1) is 16.5. The molecule has 4 heteroatoms. The van der Waals surface area contributed by atoms with Gasteiger partial charge in [0.05, 0.1) is 31.5 Å². The first-order valence-corrected chi connectivity index (χ1v) is 10.5. The van der Waals surface area contributed by atoms with E-state index in [9.17, 15) is 0 Å². The van der Waals surface area contributed by atoms with Crippen LogP contribution in [-0.4, -0.2) is 30.9 Å². The SMILES string of the molecule is CC1CC[N+](C)(c2ccc(Br)c3c2N=CC2=CCCc4ccn-3c42)CC1. The van der Waals surface area contributed by atoms with Crippen LogP contribution < -0.4 is 4.48 Å². The molecule has 5 rings (SSSR count). The van der Waals surface area contributed by atoms with Crippen molar-refractivity contribution in [2.75, 3.05) is 20.1 Å². The normalized spacial score (nSPS) is 26.7. The first-order chi connectivity index (χ1) is 12.6. The van der Waals surface area contributed by atoms with Crippen molar-refractivity contribution in [3.05, 3.63) is 46.2 Å². The molecule has 3 nitrogen and oxygen atoms in total. The molecular formula is C22H25BrN3+. The van der Waals surface area contributed by atoms with Crippen LogP contribution in [0.25, 0.3) is 11.3 Å². The lowest BCUT2D eigenvalue weighted by atomic mass is 9.96. The predicted molar refractivity (Wildman–Crippen MR) is 114 cm³/mol. The summed E-state index contributed by atoms with van der Waals surface area (Å²) in [6.07, 6.45) is 11.5. The highest BCUT2D eigenvalue weighted by atomic mass is 79.9. The number of nitrogens with zero attached hydrogens (tertiary/aromatic N) is 3. The number of aromatic nitrogens is 1. The van der Waals surface area contributed by atoms with Gasteiger partial charge in [0, 0.05) is 28.5 Å². The van der Waals surface area contributed by atoms with Crippen LogP contribution in [-0.2, 0) is 6.42 Å². The van der Waals surface area contributed by atoms with E-state index in [0.717, 1.165) is 33.4 Å². The zero-order valence-electron chi connectivity index (χ0n) is 15.5. The van der Waals surface area contributed by atoms with Gasteiger partial charge < -0.3 is 4.57 Å². The van der Waals surface area contributed by atoms with Gasteiger partial charge in [0.25, 0.3) is 0 Å². The smallest absolute Gasteiger partial charge is 0.160 e. The van der Waals surface area contributed by atoms with Crippen molar-refractivity contribution in [1.82, 2.24) is 9.05 Å². The molecular weight excluding hydrogens is 386 g/mol. The van der Waals surface area contributed by atoms with Gasteiger partial charge in [-0.15, -0.1) is 0 Å². The van der Waals surface area contributed by atoms with Crippen molar-refractivity contribution in [3.63, 3.8) is 0 Å². The molecule has 2 aliphatic heterocycles. The Labute approximate surface area is 163 Å². The van der Waals surface area contributed by atoms with Crippen molar-refractivity contribution < 1.29 is 0 Å². The molecule has 0 spiro atoms. The number of aliphatic imine (C=N–C) groups is 1. The molecule has 0 bridgehead atoms. The summed E-state index contributed by atoms with van der Waals surface area (Å²) in [7, 11) is 2.38. The molecule has 0 amide bonds. The van der Waals surface area contributed by atoms with Crippen molar-refractivity contribution in [2.24, 2.45) is 10.9 Å². The Balaban J connectivity index is 1.74. The number of likely N-dealkylation sites (tertiary alicyclic amines) is 1. The third-order valence-corrected chi connectivity index (χ3v) is 7.13. The van der Waals surface area contributed by atoms with Crippen molar-refractivity contribution in [3.8, 4) is 5.69 Å². The van der Waals surface area contributed by atoms with Gasteiger partial charge >= 0.3 is 0 Å². The molecule has 3 aliphatic rings. The number of quaternary nitrogens is 1. The maximum Gasteiger partial charge on any atom is 0.160 e. The average Bonchev–Trinajstić information content (AvgIpc) is 2.98. The summed E-state index contributed by atoms with van der Waals surface area (Å²) < 4.78 is 4.46. The quantitative estimate of drug-likeness (QED) is 0.540. The fraction of sp³-hybridized carbons (Fsp3) is 0.409. The van der Waals surface area contributed by atoms with Crippen LogP contribution in [0, 0.1) is 5.92 Å². The van der Waals surface area contributed by atoms with Crippen molar-refractivity contribution in [1.29, 1.82) is 0 Å². The summed E-state index contributed by atoms with van der Waals surface area (Å²) in [5, 5.41) is 0. The summed E-state index contributed by atoms with van der Waals surface area (Å²) >= 11 is 3.82. The summed E-state index contributed by atoms with van der Waals surface area (Å²) in [6.45, 7) is 4.76. The summed E-state index contributed by atoms with van der Waals surface area (Å²) in [4.78, 5) is 5.04. The lowest BCUT2D eigenvalue weighted by Crippen LogP contribution is -2.50. The average molecular weight is 411 g/mol. The molecule has 1 fully saturated rings. The monoisotopic (exact) mass is 410 g/mol. The van der Waals surface area contributed by atoms with E-state index in [1.807, 2.05) is 0 Å². The van der Waals surface area contributed by atoms with Crippen molar-refractivity contribution in [2.45, 2.75) is 32.6 Å². The van der Waals surface area contributed by atoms with Gasteiger partial charge in [-0.05, 0) is 65.2 Å². The predicted octanol–water partition coefficient (Wildman–Crippen LogP) is 5.65. The number of halogens is 1. The molecule has 1 aromatic heterocycles. The molecule has 134 valence electrons. The van der Waals surface area contributed by atoms with Crippen LogP contribution in [0.4, 0.5) is 11.4 Å². The van der Waals surface area contributed by atoms with Gasteiger partial charge in [-0.2, -0.15) is 0 Å². The summed E-state index contributed by atoms with van der Waals surface area (Å²) in [5.74, 6) is 0.834. The number of allylic oxidation sites excluding steroid dienone is 2. The van der Waals surface area contributed by atoms with Crippen LogP contribution in [0.15, 0.2) is 39.9 Å². The Morgan fingerprint density at radius 1 is 1.19 bits per heavy atom. The lowest BCUT2D eigenvalue weighted by molar-refractivity contribution is 0.230. The molecule has 0 atom stereocenters. The standard InChI is InChI=1S/C22H25BrN3/c1-15-9-12-26(2,13-10-15)19-7-6-18(23)22-20(19)24-14-17-5-3-4-16-8-11-25(22)21(16)17/h5-8,11,14-15H,3-4,9-10,12-13H2,1-2H3/q+1. The van der Waals surface area contributed by atoms with E-state index in [0.29, 0.717) is 0 Å². The first-order valence-electron chi connectivity index (χ1n) is 9.70. The molecule has 26 heavy (non-hydrogen) atoms. The fourth-order valence-electron chi connectivity index (χ4n) is 4.76. The van der Waals surface area contributed by atoms with Crippen LogP contribution in [0.1, 0.15) is 37.4 Å². The third-order valence-electron chi connectivity index (χ3n) is 6.49. The van der Waals surface area contributed by atoms with Crippen LogP contribution in [0.2, 0.25) is 0 Å². The number of piperidine rings is 1. The van der Waals surface area contributed by atoms with E-state index in [2.05, 4.69) is 71.2 Å². The number of hydrogen-bond donors (Lipinski definition) is 0. The van der Waals surface area contributed by atoms with Crippen LogP contribution >= 0.6 is 15.9 Å². The van der Waals surface area contributed by atoms with Crippen LogP contribution in [0.5, 0.6) is 0 Å². The fourth-order valence-corrected chi connectivity index (χ4v) is 5.27. The maximum atomic E-state index is 5.04. The molecule has 1 aliphatic carbocycles. The Morgan fingerprint density at radius 2 is 2.00 bits per heavy atom. The maximum absolute atomic E-state index is 5.04. The molecule has 0 radical (unpaired) electrons. The Morgan fingerprint density at radius 3 is 2.81 bits per heavy atom. The van der Waals surface area contributed by atoms with E-state index in [-0.39, 0.29) is 0 Å². The number of hydrogen-bond acceptors (Lipinski definition) is 1. The van der Waals surface area contributed by atoms with Gasteiger partial charge in [0.2, 0.25) is 0 Å². The Kier molecular flexibility index (Phi) is 3.77. The van der Waals surface area contributed by atoms with Gasteiger partial charge in [-0.3, -0.25) is 4.48 Å². The minimum atomic E-state index is 0.834. The van der Waals surface area contributed by atoms with Gasteiger partial charge in [-0.25, -0.2) is 4.99 Å². The van der Waals surface area contributed by atoms with E-state index in [1.165, 1.54) is 54.1 Å². The molecule has 0 N–H and O–H groups in total. The Hall–Kier alpha value is -1.65. The minimum Gasteiger partial charge on any atom is -0.313 e. The molecule has 0 unspecified atom stereocenters. The minimum absolute atomic E-state index is 0.834. The van der Waals surface area contributed by atoms with Gasteiger partial charge in [0.15, 0.2) is 5.69 Å². The van der Waals surface area contributed by atoms with E-state index < -0.39 is 0 Å². The molecule has 1 aromatic carbocycles. The van der Waals surface area contributed by atoms with Gasteiger partial charge in [0.1, 0.15) is 5.69 Å². The summed E-state index contributed by atoms with van der Waals surface area (Å²) in [5.41, 5.74) is 7.71. The summed E-state index contributed by atoms with van der Waals surface area (Å²) in [6, 6.07) is 6.78. The van der Waals surface area contributed by atoms with Crippen LogP contribution in [0.3, 0.4) is 0 Å². The largest absolute Gasteiger partial charge is 0.313 e. The highest BCUT2D eigenvalue weighted by Gasteiger charge is 2.35. The highest BCUT2D eigenvalue weighted by molar-refractivity contribution is 9.10. The second-order valence-corrected chi connectivity index (χ2v) is 9.16. The Bertz CT molecular complexity index is 943. The second kappa shape index (κ2) is 5.93. The topological polar surface area (TPSA) is 17.3 Å². The number of fused-ring (bicyclic) bond motifs is 2. The zero-order chi connectivity index (χ0) is 17.9. The molecule has 2 aromatic rings. The van der Waals surface area contributed by atoms with Gasteiger partial charge in [-0.1, -0.05) is 13.0 Å². The lowest BCUT2D eigenvalue weighted by Gasteiger charge is -2.40. The third kappa shape index (κ3) is 2.39. The van der Waals surface area contributed by atoms with Crippen molar-refractivity contribution >= 4 is 39.1 Å². The molecule has 1 saturated heterocycles. The van der Waals surface area contributed by atoms with E-state index in [4.69, 9.17) is 4.99 Å². The number of benzene rings is 1. The second-order valence-electron chi connectivity index (χ2n) is 8.31. The van der Waals surface area contributed by atoms with E-state index in [1.54, 1.807) is 0 Å². The number of aryl methyl sites for hydroxylation is 1. The number of rotatable bonds is 1. The molecule has 3 heterocycles. The zero-order valence-corrected chi connectivity index (χ0v) is 17.1. The molecule has 0 saturated carbocycles. The van der Waals surface area contributed by atoms with E-state index >= 15 is 0 Å². The highest BCUT2D eigenvalue weighted by Crippen LogP contribution is 2.46.